The predicted molar refractivity (Wildman–Crippen MR) is 82.7 cm³/mol. The standard InChI is InChI=1S/C15H20N4S/c1-11-9-19(12(2)7-17-11)10-14-8-18-15(20-14)13-3-5-16-6-4-13/h3-6,8,11-12,17H,7,9-10H2,1-2H3. The molecule has 1 N–H and O–H groups in total. The summed E-state index contributed by atoms with van der Waals surface area (Å²) >= 11 is 1.78. The Labute approximate surface area is 123 Å². The molecule has 5 heteroatoms. The van der Waals surface area contributed by atoms with Gasteiger partial charge in [0, 0.05) is 60.7 Å². The molecular formula is C15H20N4S. The Kier molecular flexibility index (Phi) is 4.10. The molecule has 3 rings (SSSR count). The normalized spacial score (nSPS) is 23.9. The van der Waals surface area contributed by atoms with Crippen molar-refractivity contribution in [2.75, 3.05) is 13.1 Å². The van der Waals surface area contributed by atoms with Crippen LogP contribution in [-0.4, -0.2) is 40.0 Å². The third-order valence-electron chi connectivity index (χ3n) is 3.73. The highest BCUT2D eigenvalue weighted by Gasteiger charge is 2.22. The topological polar surface area (TPSA) is 41.1 Å². The Morgan fingerprint density at radius 3 is 2.95 bits per heavy atom. The predicted octanol–water partition coefficient (Wildman–Crippen LogP) is 2.39. The lowest BCUT2D eigenvalue weighted by molar-refractivity contribution is 0.140. The van der Waals surface area contributed by atoms with E-state index in [1.54, 1.807) is 11.3 Å². The van der Waals surface area contributed by atoms with E-state index < -0.39 is 0 Å². The number of rotatable bonds is 3. The number of hydrogen-bond acceptors (Lipinski definition) is 5. The summed E-state index contributed by atoms with van der Waals surface area (Å²) in [4.78, 5) is 12.5. The summed E-state index contributed by atoms with van der Waals surface area (Å²) in [5.41, 5.74) is 1.15. The minimum atomic E-state index is 0.568. The molecule has 2 aromatic rings. The maximum Gasteiger partial charge on any atom is 0.123 e. The highest BCUT2D eigenvalue weighted by molar-refractivity contribution is 7.15. The van der Waals surface area contributed by atoms with Crippen molar-refractivity contribution in [2.24, 2.45) is 0 Å². The molecule has 4 nitrogen and oxygen atoms in total. The molecular weight excluding hydrogens is 268 g/mol. The first kappa shape index (κ1) is 13.7. The zero-order valence-corrected chi connectivity index (χ0v) is 12.7. The molecule has 0 aromatic carbocycles. The first-order chi connectivity index (χ1) is 9.72. The molecule has 2 atom stereocenters. The lowest BCUT2D eigenvalue weighted by atomic mass is 10.1. The molecule has 0 aliphatic carbocycles. The summed E-state index contributed by atoms with van der Waals surface area (Å²) in [6.07, 6.45) is 5.65. The molecule has 0 saturated carbocycles. The Bertz CT molecular complexity index is 554. The lowest BCUT2D eigenvalue weighted by Gasteiger charge is -2.37. The van der Waals surface area contributed by atoms with Crippen LogP contribution in [0.4, 0.5) is 0 Å². The van der Waals surface area contributed by atoms with Gasteiger partial charge in [0.25, 0.3) is 0 Å². The molecule has 2 unspecified atom stereocenters. The number of pyridine rings is 1. The molecule has 20 heavy (non-hydrogen) atoms. The van der Waals surface area contributed by atoms with Crippen molar-refractivity contribution in [1.29, 1.82) is 0 Å². The molecule has 1 saturated heterocycles. The SMILES string of the molecule is CC1CN(Cc2cnc(-c3ccncc3)s2)C(C)CN1. The fraction of sp³-hybridized carbons (Fsp3) is 0.467. The Balaban J connectivity index is 1.71. The van der Waals surface area contributed by atoms with Crippen LogP contribution in [0.5, 0.6) is 0 Å². The average Bonchev–Trinajstić information content (AvgIpc) is 2.92. The van der Waals surface area contributed by atoms with Crippen LogP contribution in [0.1, 0.15) is 18.7 Å². The van der Waals surface area contributed by atoms with Crippen LogP contribution < -0.4 is 5.32 Å². The molecule has 1 fully saturated rings. The van der Waals surface area contributed by atoms with Gasteiger partial charge in [-0.1, -0.05) is 0 Å². The quantitative estimate of drug-likeness (QED) is 0.941. The van der Waals surface area contributed by atoms with Crippen LogP contribution in [0.15, 0.2) is 30.7 Å². The van der Waals surface area contributed by atoms with Gasteiger partial charge in [-0.2, -0.15) is 0 Å². The number of piperazine rings is 1. The summed E-state index contributed by atoms with van der Waals surface area (Å²) in [6.45, 7) is 7.69. The summed E-state index contributed by atoms with van der Waals surface area (Å²) in [5.74, 6) is 0. The van der Waals surface area contributed by atoms with Crippen LogP contribution in [0.3, 0.4) is 0 Å². The molecule has 0 amide bonds. The first-order valence-electron chi connectivity index (χ1n) is 7.05. The lowest BCUT2D eigenvalue weighted by Crippen LogP contribution is -2.53. The van der Waals surface area contributed by atoms with Gasteiger partial charge in [-0.05, 0) is 26.0 Å². The highest BCUT2D eigenvalue weighted by Crippen LogP contribution is 2.26. The number of nitrogens with one attached hydrogen (secondary N) is 1. The third kappa shape index (κ3) is 3.06. The number of thiazole rings is 1. The van der Waals surface area contributed by atoms with E-state index in [0.29, 0.717) is 12.1 Å². The van der Waals surface area contributed by atoms with Crippen molar-refractivity contribution in [3.05, 3.63) is 35.6 Å². The first-order valence-corrected chi connectivity index (χ1v) is 7.86. The number of aromatic nitrogens is 2. The van der Waals surface area contributed by atoms with Gasteiger partial charge in [0.15, 0.2) is 0 Å². The monoisotopic (exact) mass is 288 g/mol. The average molecular weight is 288 g/mol. The molecule has 3 heterocycles. The summed E-state index contributed by atoms with van der Waals surface area (Å²) in [7, 11) is 0. The van der Waals surface area contributed by atoms with E-state index in [9.17, 15) is 0 Å². The molecule has 2 aromatic heterocycles. The minimum Gasteiger partial charge on any atom is -0.311 e. The van der Waals surface area contributed by atoms with Gasteiger partial charge in [0.05, 0.1) is 0 Å². The molecule has 0 spiro atoms. The number of hydrogen-bond donors (Lipinski definition) is 1. The van der Waals surface area contributed by atoms with E-state index in [0.717, 1.165) is 30.2 Å². The van der Waals surface area contributed by atoms with E-state index in [1.807, 2.05) is 30.7 Å². The van der Waals surface area contributed by atoms with Crippen LogP contribution in [-0.2, 0) is 6.54 Å². The summed E-state index contributed by atoms with van der Waals surface area (Å²) in [5, 5.41) is 4.60. The van der Waals surface area contributed by atoms with Gasteiger partial charge in [-0.25, -0.2) is 4.98 Å². The van der Waals surface area contributed by atoms with Gasteiger partial charge in [-0.15, -0.1) is 11.3 Å². The van der Waals surface area contributed by atoms with Crippen molar-refractivity contribution in [3.63, 3.8) is 0 Å². The van der Waals surface area contributed by atoms with E-state index in [4.69, 9.17) is 0 Å². The largest absolute Gasteiger partial charge is 0.311 e. The van der Waals surface area contributed by atoms with Crippen LogP contribution in [0.25, 0.3) is 10.6 Å². The summed E-state index contributed by atoms with van der Waals surface area (Å²) in [6, 6.07) is 5.17. The van der Waals surface area contributed by atoms with Gasteiger partial charge in [-0.3, -0.25) is 9.88 Å². The van der Waals surface area contributed by atoms with E-state index in [-0.39, 0.29) is 0 Å². The second-order valence-electron chi connectivity index (χ2n) is 5.46. The maximum atomic E-state index is 4.54. The van der Waals surface area contributed by atoms with Gasteiger partial charge in [0.1, 0.15) is 5.01 Å². The Morgan fingerprint density at radius 1 is 1.35 bits per heavy atom. The molecule has 1 aliphatic heterocycles. The van der Waals surface area contributed by atoms with Crippen molar-refractivity contribution in [2.45, 2.75) is 32.5 Å². The Morgan fingerprint density at radius 2 is 2.15 bits per heavy atom. The van der Waals surface area contributed by atoms with Gasteiger partial charge >= 0.3 is 0 Å². The van der Waals surface area contributed by atoms with Gasteiger partial charge < -0.3 is 5.32 Å². The Hall–Kier alpha value is -1.30. The third-order valence-corrected chi connectivity index (χ3v) is 4.76. The van der Waals surface area contributed by atoms with E-state index >= 15 is 0 Å². The zero-order valence-electron chi connectivity index (χ0n) is 11.9. The second kappa shape index (κ2) is 5.99. The molecule has 1 aliphatic rings. The fourth-order valence-electron chi connectivity index (χ4n) is 2.53. The fourth-order valence-corrected chi connectivity index (χ4v) is 3.47. The smallest absolute Gasteiger partial charge is 0.123 e. The minimum absolute atomic E-state index is 0.568. The maximum absolute atomic E-state index is 4.54. The zero-order chi connectivity index (χ0) is 13.9. The van der Waals surface area contributed by atoms with Crippen molar-refractivity contribution < 1.29 is 0 Å². The van der Waals surface area contributed by atoms with Crippen molar-refractivity contribution in [1.82, 2.24) is 20.2 Å². The van der Waals surface area contributed by atoms with E-state index in [1.165, 1.54) is 4.88 Å². The van der Waals surface area contributed by atoms with Crippen LogP contribution in [0, 0.1) is 0 Å². The number of nitrogens with zero attached hydrogens (tertiary/aromatic N) is 3. The van der Waals surface area contributed by atoms with Crippen LogP contribution >= 0.6 is 11.3 Å². The van der Waals surface area contributed by atoms with Crippen molar-refractivity contribution >= 4 is 11.3 Å². The van der Waals surface area contributed by atoms with E-state index in [2.05, 4.69) is 34.0 Å². The van der Waals surface area contributed by atoms with Gasteiger partial charge in [0.2, 0.25) is 0 Å². The van der Waals surface area contributed by atoms with Crippen molar-refractivity contribution in [3.8, 4) is 10.6 Å². The highest BCUT2D eigenvalue weighted by atomic mass is 32.1. The second-order valence-corrected chi connectivity index (χ2v) is 6.57. The molecule has 0 bridgehead atoms. The molecule has 106 valence electrons. The van der Waals surface area contributed by atoms with Crippen LogP contribution in [0.2, 0.25) is 0 Å². The summed E-state index contributed by atoms with van der Waals surface area (Å²) < 4.78 is 0. The molecule has 0 radical (unpaired) electrons.